The third-order valence-electron chi connectivity index (χ3n) is 3.52. The van der Waals surface area contributed by atoms with E-state index in [0.29, 0.717) is 5.75 Å². The van der Waals surface area contributed by atoms with Crippen molar-refractivity contribution in [2.75, 3.05) is 12.4 Å². The SMILES string of the molecule is CCCc1nnc(SCC(=O)NC(C)(C)C)n1C[C@H]1CCCO1. The van der Waals surface area contributed by atoms with Crippen LogP contribution in [-0.4, -0.2) is 44.7 Å². The molecule has 1 fully saturated rings. The second-order valence-electron chi connectivity index (χ2n) is 6.98. The summed E-state index contributed by atoms with van der Waals surface area (Å²) in [5, 5.41) is 12.4. The number of aromatic nitrogens is 3. The van der Waals surface area contributed by atoms with Crippen LogP contribution in [0.25, 0.3) is 0 Å². The van der Waals surface area contributed by atoms with Crippen LogP contribution in [0.4, 0.5) is 0 Å². The molecule has 0 aromatic carbocycles. The Kier molecular flexibility index (Phi) is 6.47. The van der Waals surface area contributed by atoms with Crippen molar-refractivity contribution in [3.8, 4) is 0 Å². The number of ether oxygens (including phenoxy) is 1. The van der Waals surface area contributed by atoms with Crippen molar-refractivity contribution in [1.29, 1.82) is 0 Å². The van der Waals surface area contributed by atoms with Gasteiger partial charge in [0.15, 0.2) is 5.16 Å². The number of hydrogen-bond acceptors (Lipinski definition) is 5. The molecule has 0 aliphatic carbocycles. The Hall–Kier alpha value is -1.08. The minimum atomic E-state index is -0.212. The zero-order valence-electron chi connectivity index (χ0n) is 14.6. The highest BCUT2D eigenvalue weighted by molar-refractivity contribution is 7.99. The third kappa shape index (κ3) is 5.80. The molecule has 0 spiro atoms. The van der Waals surface area contributed by atoms with E-state index in [-0.39, 0.29) is 17.6 Å². The third-order valence-corrected chi connectivity index (χ3v) is 4.49. The molecule has 130 valence electrons. The second-order valence-corrected chi connectivity index (χ2v) is 7.92. The number of rotatable bonds is 7. The molecule has 0 saturated carbocycles. The average Bonchev–Trinajstić information content (AvgIpc) is 3.07. The van der Waals surface area contributed by atoms with E-state index in [1.165, 1.54) is 11.8 Å². The van der Waals surface area contributed by atoms with Crippen LogP contribution in [0.5, 0.6) is 0 Å². The highest BCUT2D eigenvalue weighted by atomic mass is 32.2. The lowest BCUT2D eigenvalue weighted by molar-refractivity contribution is -0.119. The van der Waals surface area contributed by atoms with Gasteiger partial charge in [-0.25, -0.2) is 0 Å². The van der Waals surface area contributed by atoms with Gasteiger partial charge in [0.1, 0.15) is 5.82 Å². The van der Waals surface area contributed by atoms with E-state index < -0.39 is 0 Å². The molecule has 0 unspecified atom stereocenters. The molecule has 1 aromatic heterocycles. The number of amides is 1. The normalized spacial score (nSPS) is 18.3. The second kappa shape index (κ2) is 8.15. The Morgan fingerprint density at radius 2 is 2.22 bits per heavy atom. The molecule has 6 nitrogen and oxygen atoms in total. The molecule has 0 radical (unpaired) electrons. The van der Waals surface area contributed by atoms with Gasteiger partial charge < -0.3 is 14.6 Å². The standard InChI is InChI=1S/C16H28N4O2S/c1-5-7-13-18-19-15(20(13)10-12-8-6-9-22-12)23-11-14(21)17-16(2,3)4/h12H,5-11H2,1-4H3,(H,17,21)/t12-/m1/s1. The van der Waals surface area contributed by atoms with E-state index >= 15 is 0 Å². The van der Waals surface area contributed by atoms with Gasteiger partial charge in [-0.15, -0.1) is 10.2 Å². The first-order valence-electron chi connectivity index (χ1n) is 8.36. The van der Waals surface area contributed by atoms with Crippen molar-refractivity contribution in [3.63, 3.8) is 0 Å². The maximum absolute atomic E-state index is 12.0. The van der Waals surface area contributed by atoms with Crippen LogP contribution in [0.2, 0.25) is 0 Å². The monoisotopic (exact) mass is 340 g/mol. The van der Waals surface area contributed by atoms with Crippen LogP contribution in [0.15, 0.2) is 5.16 Å². The first-order valence-corrected chi connectivity index (χ1v) is 9.35. The lowest BCUT2D eigenvalue weighted by Gasteiger charge is -2.20. The fourth-order valence-corrected chi connectivity index (χ4v) is 3.36. The molecule has 1 saturated heterocycles. The van der Waals surface area contributed by atoms with E-state index in [4.69, 9.17) is 4.74 Å². The fourth-order valence-electron chi connectivity index (χ4n) is 2.59. The quantitative estimate of drug-likeness (QED) is 0.772. The maximum Gasteiger partial charge on any atom is 0.230 e. The molecular weight excluding hydrogens is 312 g/mol. The molecule has 2 rings (SSSR count). The molecular formula is C16H28N4O2S. The van der Waals surface area contributed by atoms with Crippen LogP contribution >= 0.6 is 11.8 Å². The van der Waals surface area contributed by atoms with E-state index in [9.17, 15) is 4.79 Å². The molecule has 1 N–H and O–H groups in total. The summed E-state index contributed by atoms with van der Waals surface area (Å²) in [5.74, 6) is 1.36. The van der Waals surface area contributed by atoms with Crippen molar-refractivity contribution in [2.45, 2.75) is 76.7 Å². The molecule has 7 heteroatoms. The fraction of sp³-hybridized carbons (Fsp3) is 0.812. The van der Waals surface area contributed by atoms with Crippen molar-refractivity contribution in [2.24, 2.45) is 0 Å². The van der Waals surface area contributed by atoms with Crippen LogP contribution in [0, 0.1) is 0 Å². The van der Waals surface area contributed by atoms with Crippen LogP contribution in [-0.2, 0) is 22.5 Å². The highest BCUT2D eigenvalue weighted by Gasteiger charge is 2.21. The molecule has 1 aromatic rings. The Labute approximate surface area is 142 Å². The maximum atomic E-state index is 12.0. The molecule has 2 heterocycles. The lowest BCUT2D eigenvalue weighted by atomic mass is 10.1. The molecule has 1 atom stereocenters. The average molecular weight is 340 g/mol. The van der Waals surface area contributed by atoms with Crippen LogP contribution in [0.3, 0.4) is 0 Å². The number of aryl methyl sites for hydroxylation is 1. The van der Waals surface area contributed by atoms with Gasteiger partial charge in [0, 0.05) is 18.6 Å². The molecule has 23 heavy (non-hydrogen) atoms. The summed E-state index contributed by atoms with van der Waals surface area (Å²) >= 11 is 1.45. The Morgan fingerprint density at radius 3 is 2.83 bits per heavy atom. The minimum absolute atomic E-state index is 0.0196. The summed E-state index contributed by atoms with van der Waals surface area (Å²) in [5.41, 5.74) is -0.212. The first kappa shape index (κ1) is 18.3. The molecule has 1 aliphatic rings. The van der Waals surface area contributed by atoms with Gasteiger partial charge >= 0.3 is 0 Å². The topological polar surface area (TPSA) is 69.0 Å². The Morgan fingerprint density at radius 1 is 1.43 bits per heavy atom. The van der Waals surface area contributed by atoms with Gasteiger partial charge in [-0.1, -0.05) is 18.7 Å². The van der Waals surface area contributed by atoms with Gasteiger partial charge in [0.05, 0.1) is 18.4 Å². The van der Waals surface area contributed by atoms with Gasteiger partial charge in [0.2, 0.25) is 5.91 Å². The van der Waals surface area contributed by atoms with Crippen molar-refractivity contribution >= 4 is 17.7 Å². The van der Waals surface area contributed by atoms with E-state index in [1.807, 2.05) is 20.8 Å². The number of carbonyl (C=O) groups is 1. The van der Waals surface area contributed by atoms with Gasteiger partial charge in [-0.3, -0.25) is 4.79 Å². The predicted molar refractivity (Wildman–Crippen MR) is 91.6 cm³/mol. The van der Waals surface area contributed by atoms with Crippen LogP contribution in [0.1, 0.15) is 52.8 Å². The number of nitrogens with one attached hydrogen (secondary N) is 1. The van der Waals surface area contributed by atoms with E-state index in [2.05, 4.69) is 27.0 Å². The van der Waals surface area contributed by atoms with Crippen molar-refractivity contribution in [3.05, 3.63) is 5.82 Å². The smallest absolute Gasteiger partial charge is 0.230 e. The lowest BCUT2D eigenvalue weighted by Crippen LogP contribution is -2.41. The first-order chi connectivity index (χ1) is 10.9. The summed E-state index contributed by atoms with van der Waals surface area (Å²) < 4.78 is 7.87. The summed E-state index contributed by atoms with van der Waals surface area (Å²) in [7, 11) is 0. The van der Waals surface area contributed by atoms with Gasteiger partial charge in [-0.05, 0) is 40.0 Å². The highest BCUT2D eigenvalue weighted by Crippen LogP contribution is 2.22. The zero-order chi connectivity index (χ0) is 16.9. The Bertz CT molecular complexity index is 519. The van der Waals surface area contributed by atoms with Crippen molar-refractivity contribution in [1.82, 2.24) is 20.1 Å². The van der Waals surface area contributed by atoms with E-state index in [1.54, 1.807) is 0 Å². The molecule has 1 aliphatic heterocycles. The van der Waals surface area contributed by atoms with Crippen molar-refractivity contribution < 1.29 is 9.53 Å². The summed E-state index contributed by atoms with van der Waals surface area (Å²) in [4.78, 5) is 12.0. The van der Waals surface area contributed by atoms with Gasteiger partial charge in [-0.2, -0.15) is 0 Å². The zero-order valence-corrected chi connectivity index (χ0v) is 15.4. The predicted octanol–water partition coefficient (Wildman–Crippen LogP) is 2.42. The Balaban J connectivity index is 2.00. The molecule has 0 bridgehead atoms. The minimum Gasteiger partial charge on any atom is -0.376 e. The summed E-state index contributed by atoms with van der Waals surface area (Å²) in [6, 6.07) is 0. The van der Waals surface area contributed by atoms with E-state index in [0.717, 1.165) is 49.8 Å². The number of nitrogens with zero attached hydrogens (tertiary/aromatic N) is 3. The largest absolute Gasteiger partial charge is 0.376 e. The number of carbonyl (C=O) groups excluding carboxylic acids is 1. The van der Waals surface area contributed by atoms with Crippen LogP contribution < -0.4 is 5.32 Å². The van der Waals surface area contributed by atoms with Gasteiger partial charge in [0.25, 0.3) is 0 Å². The summed E-state index contributed by atoms with van der Waals surface area (Å²) in [6.45, 7) is 9.70. The molecule has 1 amide bonds. The number of hydrogen-bond donors (Lipinski definition) is 1. The number of thioether (sulfide) groups is 1. The summed E-state index contributed by atoms with van der Waals surface area (Å²) in [6.07, 6.45) is 4.36.